The van der Waals surface area contributed by atoms with E-state index in [0.29, 0.717) is 5.92 Å². The van der Waals surface area contributed by atoms with Crippen LogP contribution in [0.25, 0.3) is 0 Å². The molecule has 0 aliphatic heterocycles. The van der Waals surface area contributed by atoms with Gasteiger partial charge in [-0.2, -0.15) is 5.10 Å². The quantitative estimate of drug-likeness (QED) is 0.851. The van der Waals surface area contributed by atoms with Crippen LogP contribution in [0.5, 0.6) is 0 Å². The Balaban J connectivity index is 2.37. The van der Waals surface area contributed by atoms with Crippen LogP contribution in [0.1, 0.15) is 48.6 Å². The van der Waals surface area contributed by atoms with Crippen molar-refractivity contribution in [2.45, 2.75) is 44.9 Å². The van der Waals surface area contributed by atoms with Gasteiger partial charge in [0.2, 0.25) is 0 Å². The number of hydrogen-bond acceptors (Lipinski definition) is 2. The van der Waals surface area contributed by atoms with E-state index in [-0.39, 0.29) is 6.42 Å². The molecule has 0 bridgehead atoms. The van der Waals surface area contributed by atoms with Crippen LogP contribution in [0.4, 0.5) is 0 Å². The first-order valence-corrected chi connectivity index (χ1v) is 5.83. The molecule has 1 fully saturated rings. The topological polar surface area (TPSA) is 55.1 Å². The summed E-state index contributed by atoms with van der Waals surface area (Å²) in [6, 6.07) is 0. The van der Waals surface area contributed by atoms with E-state index in [1.807, 2.05) is 14.0 Å². The Kier molecular flexibility index (Phi) is 2.99. The lowest BCUT2D eigenvalue weighted by atomic mass is 9.94. The third kappa shape index (κ3) is 1.96. The van der Waals surface area contributed by atoms with Crippen LogP contribution < -0.4 is 0 Å². The maximum Gasteiger partial charge on any atom is 0.309 e. The van der Waals surface area contributed by atoms with E-state index < -0.39 is 5.97 Å². The summed E-state index contributed by atoms with van der Waals surface area (Å²) in [5.41, 5.74) is 3.09. The van der Waals surface area contributed by atoms with E-state index in [4.69, 9.17) is 5.11 Å². The summed E-state index contributed by atoms with van der Waals surface area (Å²) in [7, 11) is 1.84. The molecule has 1 heterocycles. The highest BCUT2D eigenvalue weighted by Gasteiger charge is 2.25. The predicted octanol–water partition coefficient (Wildman–Crippen LogP) is 2.01. The lowest BCUT2D eigenvalue weighted by molar-refractivity contribution is -0.136. The van der Waals surface area contributed by atoms with Crippen molar-refractivity contribution in [3.8, 4) is 0 Å². The van der Waals surface area contributed by atoms with Crippen LogP contribution in [0.2, 0.25) is 0 Å². The molecule has 4 nitrogen and oxygen atoms in total. The van der Waals surface area contributed by atoms with Crippen LogP contribution in [0.3, 0.4) is 0 Å². The fourth-order valence-electron chi connectivity index (χ4n) is 2.82. The van der Waals surface area contributed by atoms with Crippen molar-refractivity contribution < 1.29 is 9.90 Å². The highest BCUT2D eigenvalue weighted by molar-refractivity contribution is 5.70. The molecule has 0 aromatic carbocycles. The average Bonchev–Trinajstić information content (AvgIpc) is 2.75. The maximum absolute atomic E-state index is 10.9. The van der Waals surface area contributed by atoms with Gasteiger partial charge in [-0.3, -0.25) is 9.48 Å². The number of nitrogens with zero attached hydrogens (tertiary/aromatic N) is 2. The molecule has 1 aliphatic rings. The zero-order valence-electron chi connectivity index (χ0n) is 9.86. The van der Waals surface area contributed by atoms with Gasteiger partial charge in [0, 0.05) is 7.05 Å². The standard InChI is InChI=1S/C12H18N2O2/c1-8-12(9-5-3-4-6-9)10(7-11(15)16)14(2)13-8/h9H,3-7H2,1-2H3,(H,15,16). The van der Waals surface area contributed by atoms with Crippen molar-refractivity contribution in [3.63, 3.8) is 0 Å². The zero-order valence-corrected chi connectivity index (χ0v) is 9.86. The third-order valence-electron chi connectivity index (χ3n) is 3.47. The van der Waals surface area contributed by atoms with Crippen LogP contribution in [-0.4, -0.2) is 20.9 Å². The van der Waals surface area contributed by atoms with Crippen molar-refractivity contribution in [1.82, 2.24) is 9.78 Å². The second-order valence-electron chi connectivity index (χ2n) is 4.62. The van der Waals surface area contributed by atoms with Gasteiger partial charge in [0.1, 0.15) is 0 Å². The van der Waals surface area contributed by atoms with E-state index in [1.54, 1.807) is 4.68 Å². The number of hydrogen-bond donors (Lipinski definition) is 1. The smallest absolute Gasteiger partial charge is 0.309 e. The number of carboxylic acids is 1. The van der Waals surface area contributed by atoms with Gasteiger partial charge in [-0.05, 0) is 31.2 Å². The van der Waals surface area contributed by atoms with Gasteiger partial charge < -0.3 is 5.11 Å². The third-order valence-corrected chi connectivity index (χ3v) is 3.47. The molecule has 16 heavy (non-hydrogen) atoms. The molecule has 1 aliphatic carbocycles. The van der Waals surface area contributed by atoms with Crippen molar-refractivity contribution in [2.24, 2.45) is 7.05 Å². The maximum atomic E-state index is 10.9. The first-order chi connectivity index (χ1) is 7.59. The molecular formula is C12H18N2O2. The molecule has 2 rings (SSSR count). The molecule has 4 heteroatoms. The first-order valence-electron chi connectivity index (χ1n) is 5.83. The SMILES string of the molecule is Cc1nn(C)c(CC(=O)O)c1C1CCCC1. The molecule has 1 N–H and O–H groups in total. The van der Waals surface area contributed by atoms with Crippen molar-refractivity contribution in [1.29, 1.82) is 0 Å². The number of aromatic nitrogens is 2. The normalized spacial score (nSPS) is 16.9. The lowest BCUT2D eigenvalue weighted by Crippen LogP contribution is -2.09. The summed E-state index contributed by atoms with van der Waals surface area (Å²) in [6.45, 7) is 1.99. The Hall–Kier alpha value is -1.32. The molecule has 1 aromatic rings. The van der Waals surface area contributed by atoms with Crippen LogP contribution >= 0.6 is 0 Å². The van der Waals surface area contributed by atoms with Gasteiger partial charge in [0.15, 0.2) is 0 Å². The molecule has 0 amide bonds. The lowest BCUT2D eigenvalue weighted by Gasteiger charge is -2.11. The Morgan fingerprint density at radius 2 is 2.12 bits per heavy atom. The summed E-state index contributed by atoms with van der Waals surface area (Å²) in [6.07, 6.45) is 4.96. The Morgan fingerprint density at radius 3 is 2.69 bits per heavy atom. The van der Waals surface area contributed by atoms with Gasteiger partial charge in [-0.25, -0.2) is 0 Å². The molecule has 0 radical (unpaired) electrons. The van der Waals surface area contributed by atoms with E-state index in [9.17, 15) is 4.79 Å². The molecular weight excluding hydrogens is 204 g/mol. The van der Waals surface area contributed by atoms with E-state index in [2.05, 4.69) is 5.10 Å². The van der Waals surface area contributed by atoms with Gasteiger partial charge in [-0.15, -0.1) is 0 Å². The number of carboxylic acid groups (broad SMARTS) is 1. The summed E-state index contributed by atoms with van der Waals surface area (Å²) in [5, 5.41) is 13.3. The van der Waals surface area contributed by atoms with Gasteiger partial charge >= 0.3 is 5.97 Å². The zero-order chi connectivity index (χ0) is 11.7. The molecule has 0 saturated heterocycles. The molecule has 1 saturated carbocycles. The molecule has 1 aromatic heterocycles. The number of aryl methyl sites for hydroxylation is 2. The second kappa shape index (κ2) is 4.28. The van der Waals surface area contributed by atoms with Crippen LogP contribution in [0.15, 0.2) is 0 Å². The van der Waals surface area contributed by atoms with Crippen LogP contribution in [-0.2, 0) is 18.3 Å². The second-order valence-corrected chi connectivity index (χ2v) is 4.62. The van der Waals surface area contributed by atoms with Crippen LogP contribution in [0, 0.1) is 6.92 Å². The number of carbonyl (C=O) groups is 1. The molecule has 88 valence electrons. The summed E-state index contributed by atoms with van der Waals surface area (Å²) in [5.74, 6) is -0.245. The average molecular weight is 222 g/mol. The minimum absolute atomic E-state index is 0.0865. The van der Waals surface area contributed by atoms with Crippen molar-refractivity contribution in [2.75, 3.05) is 0 Å². The predicted molar refractivity (Wildman–Crippen MR) is 60.5 cm³/mol. The van der Waals surface area contributed by atoms with E-state index in [0.717, 1.165) is 11.4 Å². The van der Waals surface area contributed by atoms with Gasteiger partial charge in [0.05, 0.1) is 17.8 Å². The van der Waals surface area contributed by atoms with Crippen molar-refractivity contribution in [3.05, 3.63) is 17.0 Å². The number of rotatable bonds is 3. The largest absolute Gasteiger partial charge is 0.481 e. The summed E-state index contributed by atoms with van der Waals surface area (Å²) in [4.78, 5) is 10.9. The molecule has 0 spiro atoms. The fraction of sp³-hybridized carbons (Fsp3) is 0.667. The first kappa shape index (κ1) is 11.2. The highest BCUT2D eigenvalue weighted by Crippen LogP contribution is 2.37. The fourth-order valence-corrected chi connectivity index (χ4v) is 2.82. The Labute approximate surface area is 95.3 Å². The Morgan fingerprint density at radius 1 is 1.50 bits per heavy atom. The van der Waals surface area contributed by atoms with Gasteiger partial charge in [-0.1, -0.05) is 12.8 Å². The highest BCUT2D eigenvalue weighted by atomic mass is 16.4. The molecule has 0 unspecified atom stereocenters. The monoisotopic (exact) mass is 222 g/mol. The Bertz CT molecular complexity index is 403. The molecule has 0 atom stereocenters. The summed E-state index contributed by atoms with van der Waals surface area (Å²) < 4.78 is 1.73. The van der Waals surface area contributed by atoms with Crippen molar-refractivity contribution >= 4 is 5.97 Å². The minimum Gasteiger partial charge on any atom is -0.481 e. The van der Waals surface area contributed by atoms with E-state index in [1.165, 1.54) is 31.2 Å². The van der Waals surface area contributed by atoms with E-state index >= 15 is 0 Å². The van der Waals surface area contributed by atoms with Gasteiger partial charge in [0.25, 0.3) is 0 Å². The summed E-state index contributed by atoms with van der Waals surface area (Å²) >= 11 is 0. The number of aliphatic carboxylic acids is 1. The minimum atomic E-state index is -0.776.